The van der Waals surface area contributed by atoms with Crippen LogP contribution in [0.15, 0.2) is 35.3 Å². The van der Waals surface area contributed by atoms with Crippen LogP contribution in [0.4, 0.5) is 0 Å². The molecule has 1 aliphatic heterocycles. The number of ether oxygens (including phenoxy) is 1. The molecular weight excluding hydrogens is 294 g/mol. The Bertz CT molecular complexity index is 746. The summed E-state index contributed by atoms with van der Waals surface area (Å²) >= 11 is 0. The van der Waals surface area contributed by atoms with Gasteiger partial charge < -0.3 is 15.0 Å². The van der Waals surface area contributed by atoms with E-state index >= 15 is 0 Å². The summed E-state index contributed by atoms with van der Waals surface area (Å²) in [6, 6.07) is 7.60. The fourth-order valence-corrected chi connectivity index (χ4v) is 2.53. The lowest BCUT2D eigenvalue weighted by atomic mass is 10.1. The number of benzene rings is 1. The van der Waals surface area contributed by atoms with Crippen LogP contribution in [0, 0.1) is 6.92 Å². The van der Waals surface area contributed by atoms with Crippen molar-refractivity contribution in [2.75, 3.05) is 13.2 Å². The number of carbonyl (C=O) groups is 1. The van der Waals surface area contributed by atoms with Crippen molar-refractivity contribution in [2.24, 2.45) is 0 Å². The average Bonchev–Trinajstić information content (AvgIpc) is 2.56. The third-order valence-electron chi connectivity index (χ3n) is 3.86. The Hall–Kier alpha value is -2.47. The number of amides is 1. The van der Waals surface area contributed by atoms with Gasteiger partial charge in [0.25, 0.3) is 11.5 Å². The summed E-state index contributed by atoms with van der Waals surface area (Å²) in [7, 11) is 0. The van der Waals surface area contributed by atoms with E-state index in [1.807, 2.05) is 31.2 Å². The smallest absolute Gasteiger partial charge is 0.264 e. The Balaban J connectivity index is 1.77. The first kappa shape index (κ1) is 15.4. The molecule has 1 aliphatic rings. The van der Waals surface area contributed by atoms with Gasteiger partial charge in [0, 0.05) is 18.4 Å². The van der Waals surface area contributed by atoms with Gasteiger partial charge in [0.1, 0.15) is 11.4 Å². The second-order valence-electron chi connectivity index (χ2n) is 5.73. The maximum absolute atomic E-state index is 12.2. The fourth-order valence-electron chi connectivity index (χ4n) is 2.53. The lowest BCUT2D eigenvalue weighted by Crippen LogP contribution is -2.42. The molecule has 1 fully saturated rings. The quantitative estimate of drug-likeness (QED) is 0.902. The van der Waals surface area contributed by atoms with Crippen molar-refractivity contribution >= 4 is 5.91 Å². The molecule has 1 atom stereocenters. The van der Waals surface area contributed by atoms with Crippen LogP contribution in [0.5, 0.6) is 0 Å². The predicted octanol–water partition coefficient (Wildman–Crippen LogP) is 1.65. The summed E-state index contributed by atoms with van der Waals surface area (Å²) < 4.78 is 5.32. The minimum absolute atomic E-state index is 0.0198. The maximum atomic E-state index is 12.2. The summed E-state index contributed by atoms with van der Waals surface area (Å²) in [6.45, 7) is 3.20. The van der Waals surface area contributed by atoms with Crippen LogP contribution < -0.4 is 10.9 Å². The summed E-state index contributed by atoms with van der Waals surface area (Å²) in [5.41, 5.74) is 1.51. The average molecular weight is 313 g/mol. The molecule has 120 valence electrons. The van der Waals surface area contributed by atoms with Crippen molar-refractivity contribution in [3.05, 3.63) is 51.9 Å². The summed E-state index contributed by atoms with van der Waals surface area (Å²) in [4.78, 5) is 31.3. The van der Waals surface area contributed by atoms with Crippen molar-refractivity contribution in [2.45, 2.75) is 25.8 Å². The molecule has 2 aromatic rings. The van der Waals surface area contributed by atoms with Gasteiger partial charge in [-0.3, -0.25) is 9.59 Å². The minimum Gasteiger partial charge on any atom is -0.379 e. The van der Waals surface area contributed by atoms with E-state index < -0.39 is 11.5 Å². The number of hydrogen-bond donors (Lipinski definition) is 2. The van der Waals surface area contributed by atoms with Crippen molar-refractivity contribution in [1.29, 1.82) is 0 Å². The van der Waals surface area contributed by atoms with E-state index in [2.05, 4.69) is 15.3 Å². The van der Waals surface area contributed by atoms with Gasteiger partial charge in [-0.15, -0.1) is 0 Å². The maximum Gasteiger partial charge on any atom is 0.264 e. The van der Waals surface area contributed by atoms with Gasteiger partial charge in [-0.1, -0.05) is 29.8 Å². The molecule has 2 N–H and O–H groups in total. The first-order chi connectivity index (χ1) is 11.1. The van der Waals surface area contributed by atoms with E-state index in [0.717, 1.165) is 30.6 Å². The third-order valence-corrected chi connectivity index (χ3v) is 3.86. The zero-order valence-corrected chi connectivity index (χ0v) is 13.0. The number of hydrogen-bond acceptors (Lipinski definition) is 4. The summed E-state index contributed by atoms with van der Waals surface area (Å²) in [5.74, 6) is 0.0391. The van der Waals surface area contributed by atoms with Gasteiger partial charge in [0.05, 0.1) is 12.6 Å². The molecular formula is C17H19N3O3. The monoisotopic (exact) mass is 313 g/mol. The first-order valence-electron chi connectivity index (χ1n) is 7.68. The molecule has 0 radical (unpaired) electrons. The highest BCUT2D eigenvalue weighted by Gasteiger charge is 2.19. The van der Waals surface area contributed by atoms with Crippen LogP contribution in [0.3, 0.4) is 0 Å². The molecule has 0 spiro atoms. The molecule has 1 saturated heterocycles. The summed E-state index contributed by atoms with van der Waals surface area (Å²) in [5, 5.41) is 2.82. The highest BCUT2D eigenvalue weighted by atomic mass is 16.5. The highest BCUT2D eigenvalue weighted by Crippen LogP contribution is 2.14. The Labute approximate surface area is 133 Å². The zero-order chi connectivity index (χ0) is 16.2. The molecule has 0 aliphatic carbocycles. The Morgan fingerprint density at radius 3 is 2.78 bits per heavy atom. The van der Waals surface area contributed by atoms with Crippen molar-refractivity contribution < 1.29 is 9.53 Å². The number of rotatable bonds is 3. The van der Waals surface area contributed by atoms with Gasteiger partial charge in [-0.05, 0) is 19.8 Å². The number of aromatic amines is 1. The van der Waals surface area contributed by atoms with Gasteiger partial charge in [0.15, 0.2) is 0 Å². The largest absolute Gasteiger partial charge is 0.379 e. The number of nitrogens with one attached hydrogen (secondary N) is 2. The topological polar surface area (TPSA) is 84.1 Å². The lowest BCUT2D eigenvalue weighted by Gasteiger charge is -2.22. The van der Waals surface area contributed by atoms with Crippen molar-refractivity contribution in [3.8, 4) is 11.4 Å². The van der Waals surface area contributed by atoms with E-state index in [0.29, 0.717) is 12.4 Å². The molecule has 0 bridgehead atoms. The van der Waals surface area contributed by atoms with E-state index in [4.69, 9.17) is 4.74 Å². The number of carbonyl (C=O) groups excluding carboxylic acids is 1. The molecule has 23 heavy (non-hydrogen) atoms. The Morgan fingerprint density at radius 2 is 2.13 bits per heavy atom. The standard InChI is InChI=1S/C17H19N3O3/c1-11-4-6-12(7-5-11)15-18-9-14(17(22)20-15)16(21)19-13-3-2-8-23-10-13/h4-7,9,13H,2-3,8,10H2,1H3,(H,19,21)(H,18,20,22)/t13-/m1/s1. The molecule has 2 heterocycles. The molecule has 6 nitrogen and oxygen atoms in total. The van der Waals surface area contributed by atoms with Gasteiger partial charge in [-0.2, -0.15) is 0 Å². The first-order valence-corrected chi connectivity index (χ1v) is 7.68. The van der Waals surface area contributed by atoms with E-state index in [9.17, 15) is 9.59 Å². The second kappa shape index (κ2) is 6.75. The number of nitrogens with zero attached hydrogens (tertiary/aromatic N) is 1. The third kappa shape index (κ3) is 3.65. The molecule has 1 aromatic carbocycles. The SMILES string of the molecule is Cc1ccc(-c2ncc(C(=O)N[C@@H]3CCCOC3)c(=O)[nH]2)cc1. The van der Waals surface area contributed by atoms with Gasteiger partial charge >= 0.3 is 0 Å². The van der Waals surface area contributed by atoms with E-state index in [-0.39, 0.29) is 11.6 Å². The van der Waals surface area contributed by atoms with E-state index in [1.165, 1.54) is 6.20 Å². The molecule has 1 amide bonds. The number of aromatic nitrogens is 2. The minimum atomic E-state index is -0.440. The lowest BCUT2D eigenvalue weighted by molar-refractivity contribution is 0.0623. The van der Waals surface area contributed by atoms with Crippen LogP contribution in [-0.2, 0) is 4.74 Å². The molecule has 3 rings (SSSR count). The molecule has 1 aromatic heterocycles. The van der Waals surface area contributed by atoms with Gasteiger partial charge in [-0.25, -0.2) is 4.98 Å². The Morgan fingerprint density at radius 1 is 1.35 bits per heavy atom. The fraction of sp³-hybridized carbons (Fsp3) is 0.353. The predicted molar refractivity (Wildman–Crippen MR) is 86.3 cm³/mol. The van der Waals surface area contributed by atoms with Crippen LogP contribution in [-0.4, -0.2) is 35.1 Å². The van der Waals surface area contributed by atoms with Crippen molar-refractivity contribution in [1.82, 2.24) is 15.3 Å². The molecule has 0 unspecified atom stereocenters. The zero-order valence-electron chi connectivity index (χ0n) is 13.0. The van der Waals surface area contributed by atoms with Crippen LogP contribution in [0.1, 0.15) is 28.8 Å². The Kier molecular flexibility index (Phi) is 4.52. The number of aryl methyl sites for hydroxylation is 1. The molecule has 6 heteroatoms. The van der Waals surface area contributed by atoms with Crippen molar-refractivity contribution in [3.63, 3.8) is 0 Å². The van der Waals surface area contributed by atoms with Gasteiger partial charge in [0.2, 0.25) is 0 Å². The van der Waals surface area contributed by atoms with E-state index in [1.54, 1.807) is 0 Å². The van der Waals surface area contributed by atoms with Crippen LogP contribution in [0.2, 0.25) is 0 Å². The number of H-pyrrole nitrogens is 1. The molecule has 0 saturated carbocycles. The summed E-state index contributed by atoms with van der Waals surface area (Å²) in [6.07, 6.45) is 3.09. The second-order valence-corrected chi connectivity index (χ2v) is 5.73. The van der Waals surface area contributed by atoms with Crippen LogP contribution in [0.25, 0.3) is 11.4 Å². The normalized spacial score (nSPS) is 17.7. The van der Waals surface area contributed by atoms with Crippen LogP contribution >= 0.6 is 0 Å². The highest BCUT2D eigenvalue weighted by molar-refractivity contribution is 5.93.